The highest BCUT2D eigenvalue weighted by Gasteiger charge is 2.19. The molecule has 5 nitrogen and oxygen atoms in total. The fourth-order valence-corrected chi connectivity index (χ4v) is 1.51. The highest BCUT2D eigenvalue weighted by atomic mass is 16.5. The summed E-state index contributed by atoms with van der Waals surface area (Å²) in [6.07, 6.45) is 0. The van der Waals surface area contributed by atoms with E-state index in [4.69, 9.17) is 9.47 Å². The first-order valence-electron chi connectivity index (χ1n) is 5.39. The maximum Gasteiger partial charge on any atom is 0.356 e. The number of aromatic nitrogens is 2. The average molecular weight is 226 g/mol. The molecule has 1 rings (SSSR count). The van der Waals surface area contributed by atoms with Gasteiger partial charge in [0.25, 0.3) is 0 Å². The van der Waals surface area contributed by atoms with Crippen LogP contribution in [0.2, 0.25) is 0 Å². The Balaban J connectivity index is 2.92. The molecular formula is C11H18N2O3. The largest absolute Gasteiger partial charge is 0.461 e. The third-order valence-corrected chi connectivity index (χ3v) is 2.29. The number of nitrogens with zero attached hydrogens (tertiary/aromatic N) is 2. The van der Waals surface area contributed by atoms with Crippen LogP contribution >= 0.6 is 0 Å². The highest BCUT2D eigenvalue weighted by Crippen LogP contribution is 2.14. The van der Waals surface area contributed by atoms with E-state index in [1.807, 2.05) is 13.8 Å². The van der Waals surface area contributed by atoms with Crippen molar-refractivity contribution in [2.24, 2.45) is 7.05 Å². The lowest BCUT2D eigenvalue weighted by Crippen LogP contribution is -2.11. The van der Waals surface area contributed by atoms with E-state index in [-0.39, 0.29) is 5.97 Å². The molecule has 0 saturated carbocycles. The van der Waals surface area contributed by atoms with Crippen LogP contribution < -0.4 is 0 Å². The summed E-state index contributed by atoms with van der Waals surface area (Å²) in [5.41, 5.74) is 2.11. The first-order chi connectivity index (χ1) is 7.61. The molecule has 0 saturated heterocycles. The fraction of sp³-hybridized carbons (Fsp3) is 0.636. The molecular weight excluding hydrogens is 208 g/mol. The minimum absolute atomic E-state index is 0.335. The van der Waals surface area contributed by atoms with Gasteiger partial charge in [-0.3, -0.25) is 4.68 Å². The molecule has 1 aromatic heterocycles. The molecule has 16 heavy (non-hydrogen) atoms. The van der Waals surface area contributed by atoms with Crippen molar-refractivity contribution in [3.8, 4) is 0 Å². The zero-order valence-corrected chi connectivity index (χ0v) is 10.2. The second-order valence-electron chi connectivity index (χ2n) is 3.40. The Labute approximate surface area is 95.3 Å². The van der Waals surface area contributed by atoms with Crippen LogP contribution in [0.1, 0.15) is 35.6 Å². The summed E-state index contributed by atoms with van der Waals surface area (Å²) in [4.78, 5) is 11.6. The van der Waals surface area contributed by atoms with Gasteiger partial charge in [0, 0.05) is 19.2 Å². The normalized spacial score (nSPS) is 10.5. The zero-order chi connectivity index (χ0) is 12.1. The Bertz CT molecular complexity index is 372. The SMILES string of the molecule is CCOCc1nn(C)c(C(=O)OCC)c1C. The number of carbonyl (C=O) groups excluding carboxylic acids is 1. The van der Waals surface area contributed by atoms with Gasteiger partial charge in [0.1, 0.15) is 5.69 Å². The predicted molar refractivity (Wildman–Crippen MR) is 59.2 cm³/mol. The molecule has 0 atom stereocenters. The van der Waals surface area contributed by atoms with Crippen molar-refractivity contribution in [1.82, 2.24) is 9.78 Å². The Morgan fingerprint density at radius 1 is 1.38 bits per heavy atom. The number of aryl methyl sites for hydroxylation is 1. The Morgan fingerprint density at radius 2 is 2.06 bits per heavy atom. The lowest BCUT2D eigenvalue weighted by molar-refractivity contribution is 0.0513. The van der Waals surface area contributed by atoms with Gasteiger partial charge in [-0.2, -0.15) is 5.10 Å². The van der Waals surface area contributed by atoms with Crippen LogP contribution in [0, 0.1) is 6.92 Å². The van der Waals surface area contributed by atoms with Gasteiger partial charge in [-0.1, -0.05) is 0 Å². The van der Waals surface area contributed by atoms with E-state index in [1.54, 1.807) is 18.7 Å². The number of carbonyl (C=O) groups is 1. The van der Waals surface area contributed by atoms with Crippen molar-refractivity contribution in [3.05, 3.63) is 17.0 Å². The summed E-state index contributed by atoms with van der Waals surface area (Å²) in [6.45, 7) is 6.98. The van der Waals surface area contributed by atoms with E-state index in [2.05, 4.69) is 5.10 Å². The Kier molecular flexibility index (Phi) is 4.49. The van der Waals surface area contributed by atoms with E-state index < -0.39 is 0 Å². The Morgan fingerprint density at radius 3 is 2.62 bits per heavy atom. The van der Waals surface area contributed by atoms with Gasteiger partial charge in [0.2, 0.25) is 0 Å². The topological polar surface area (TPSA) is 53.4 Å². The molecule has 90 valence electrons. The van der Waals surface area contributed by atoms with Crippen molar-refractivity contribution >= 4 is 5.97 Å². The van der Waals surface area contributed by atoms with Crippen LogP contribution in [-0.2, 0) is 23.1 Å². The minimum atomic E-state index is -0.335. The van der Waals surface area contributed by atoms with Crippen LogP contribution in [0.5, 0.6) is 0 Å². The Hall–Kier alpha value is -1.36. The third kappa shape index (κ3) is 2.61. The van der Waals surface area contributed by atoms with Crippen LogP contribution in [0.4, 0.5) is 0 Å². The maximum absolute atomic E-state index is 11.6. The first kappa shape index (κ1) is 12.7. The monoisotopic (exact) mass is 226 g/mol. The maximum atomic E-state index is 11.6. The second kappa shape index (κ2) is 5.65. The molecule has 0 N–H and O–H groups in total. The summed E-state index contributed by atoms with van der Waals surface area (Å²) in [7, 11) is 1.73. The molecule has 0 bridgehead atoms. The highest BCUT2D eigenvalue weighted by molar-refractivity contribution is 5.89. The number of rotatable bonds is 5. The number of esters is 1. The van der Waals surface area contributed by atoms with E-state index in [0.717, 1.165) is 11.3 Å². The molecule has 0 spiro atoms. The molecule has 0 aliphatic heterocycles. The van der Waals surface area contributed by atoms with E-state index in [0.29, 0.717) is 25.5 Å². The van der Waals surface area contributed by atoms with Gasteiger partial charge < -0.3 is 9.47 Å². The van der Waals surface area contributed by atoms with Crippen molar-refractivity contribution in [2.75, 3.05) is 13.2 Å². The predicted octanol–water partition coefficient (Wildman–Crippen LogP) is 1.44. The van der Waals surface area contributed by atoms with Gasteiger partial charge in [0.15, 0.2) is 0 Å². The van der Waals surface area contributed by atoms with Crippen LogP contribution in [0.25, 0.3) is 0 Å². The van der Waals surface area contributed by atoms with Gasteiger partial charge in [-0.05, 0) is 20.8 Å². The molecule has 0 amide bonds. The third-order valence-electron chi connectivity index (χ3n) is 2.29. The number of ether oxygens (including phenoxy) is 2. The molecule has 0 aliphatic carbocycles. The summed E-state index contributed by atoms with van der Waals surface area (Å²) in [5, 5.41) is 4.24. The lowest BCUT2D eigenvalue weighted by atomic mass is 10.2. The van der Waals surface area contributed by atoms with E-state index >= 15 is 0 Å². The quantitative estimate of drug-likeness (QED) is 0.713. The number of hydrogen-bond acceptors (Lipinski definition) is 4. The van der Waals surface area contributed by atoms with Crippen molar-refractivity contribution in [1.29, 1.82) is 0 Å². The van der Waals surface area contributed by atoms with E-state index in [1.165, 1.54) is 0 Å². The fourth-order valence-electron chi connectivity index (χ4n) is 1.51. The van der Waals surface area contributed by atoms with Crippen molar-refractivity contribution in [2.45, 2.75) is 27.4 Å². The smallest absolute Gasteiger partial charge is 0.356 e. The minimum Gasteiger partial charge on any atom is -0.461 e. The average Bonchev–Trinajstić information content (AvgIpc) is 2.51. The zero-order valence-electron chi connectivity index (χ0n) is 10.2. The molecule has 1 aromatic rings. The molecule has 5 heteroatoms. The van der Waals surface area contributed by atoms with Gasteiger partial charge >= 0.3 is 5.97 Å². The first-order valence-corrected chi connectivity index (χ1v) is 5.39. The van der Waals surface area contributed by atoms with Gasteiger partial charge in [-0.15, -0.1) is 0 Å². The summed E-state index contributed by atoms with van der Waals surface area (Å²) in [6, 6.07) is 0. The van der Waals surface area contributed by atoms with Crippen LogP contribution in [0.3, 0.4) is 0 Å². The number of hydrogen-bond donors (Lipinski definition) is 0. The van der Waals surface area contributed by atoms with Crippen molar-refractivity contribution in [3.63, 3.8) is 0 Å². The molecule has 0 fully saturated rings. The standard InChI is InChI=1S/C11H18N2O3/c1-5-15-7-9-8(3)10(13(4)12-9)11(14)16-6-2/h5-7H2,1-4H3. The summed E-state index contributed by atoms with van der Waals surface area (Å²) < 4.78 is 11.8. The molecule has 0 unspecified atom stereocenters. The molecule has 0 aromatic carbocycles. The molecule has 1 heterocycles. The lowest BCUT2D eigenvalue weighted by Gasteiger charge is -2.02. The van der Waals surface area contributed by atoms with Gasteiger partial charge in [0.05, 0.1) is 18.9 Å². The molecule has 0 aliphatic rings. The van der Waals surface area contributed by atoms with Crippen LogP contribution in [-0.4, -0.2) is 29.0 Å². The van der Waals surface area contributed by atoms with Gasteiger partial charge in [-0.25, -0.2) is 4.79 Å². The van der Waals surface area contributed by atoms with Crippen LogP contribution in [0.15, 0.2) is 0 Å². The summed E-state index contributed by atoms with van der Waals surface area (Å²) >= 11 is 0. The summed E-state index contributed by atoms with van der Waals surface area (Å²) in [5.74, 6) is -0.335. The molecule has 0 radical (unpaired) electrons. The van der Waals surface area contributed by atoms with E-state index in [9.17, 15) is 4.79 Å². The van der Waals surface area contributed by atoms with Crippen molar-refractivity contribution < 1.29 is 14.3 Å². The second-order valence-corrected chi connectivity index (χ2v) is 3.40.